The highest BCUT2D eigenvalue weighted by atomic mass is 35.5. The molecule has 0 bridgehead atoms. The van der Waals surface area contributed by atoms with Crippen LogP contribution >= 0.6 is 23.4 Å². The number of fused-ring (bicyclic) bond motifs is 1. The van der Waals surface area contributed by atoms with Gasteiger partial charge >= 0.3 is 0 Å². The van der Waals surface area contributed by atoms with Crippen molar-refractivity contribution >= 4 is 34.3 Å². The van der Waals surface area contributed by atoms with Crippen molar-refractivity contribution in [1.82, 2.24) is 20.2 Å². The fraction of sp³-hybridized carbons (Fsp3) is 0.0588. The van der Waals surface area contributed by atoms with Crippen molar-refractivity contribution in [3.05, 3.63) is 59.4 Å². The summed E-state index contributed by atoms with van der Waals surface area (Å²) in [7, 11) is 0. The van der Waals surface area contributed by atoms with E-state index in [4.69, 9.17) is 16.0 Å². The molecule has 2 aromatic heterocycles. The fourth-order valence-electron chi connectivity index (χ4n) is 2.27. The fourth-order valence-corrected chi connectivity index (χ4v) is 3.14. The lowest BCUT2D eigenvalue weighted by Gasteiger charge is -2.02. The summed E-state index contributed by atoms with van der Waals surface area (Å²) in [6.07, 6.45) is 1.54. The lowest BCUT2D eigenvalue weighted by Crippen LogP contribution is -1.87. The molecule has 0 saturated heterocycles. The highest BCUT2D eigenvalue weighted by molar-refractivity contribution is 7.99. The van der Waals surface area contributed by atoms with Crippen molar-refractivity contribution < 1.29 is 4.42 Å². The number of aryl methyl sites for hydroxylation is 1. The van der Waals surface area contributed by atoms with Gasteiger partial charge in [0.1, 0.15) is 11.4 Å². The third-order valence-electron chi connectivity index (χ3n) is 3.44. The molecule has 0 spiro atoms. The van der Waals surface area contributed by atoms with Crippen molar-refractivity contribution in [2.75, 3.05) is 0 Å². The number of nitrogens with zero attached hydrogens (tertiary/aromatic N) is 4. The Labute approximate surface area is 147 Å². The Morgan fingerprint density at radius 3 is 2.67 bits per heavy atom. The highest BCUT2D eigenvalue weighted by Gasteiger charge is 2.13. The van der Waals surface area contributed by atoms with Crippen molar-refractivity contribution in [3.63, 3.8) is 0 Å². The zero-order chi connectivity index (χ0) is 16.5. The molecule has 24 heavy (non-hydrogen) atoms. The van der Waals surface area contributed by atoms with Gasteiger partial charge in [0.15, 0.2) is 0 Å². The van der Waals surface area contributed by atoms with Gasteiger partial charge in [-0.1, -0.05) is 23.2 Å². The van der Waals surface area contributed by atoms with Crippen molar-refractivity contribution in [1.29, 1.82) is 0 Å². The van der Waals surface area contributed by atoms with E-state index in [2.05, 4.69) is 20.2 Å². The first-order valence-electron chi connectivity index (χ1n) is 7.18. The average molecular weight is 355 g/mol. The second-order valence-electron chi connectivity index (χ2n) is 5.18. The van der Waals surface area contributed by atoms with Gasteiger partial charge < -0.3 is 4.42 Å². The first-order chi connectivity index (χ1) is 11.7. The molecule has 2 aromatic carbocycles. The summed E-state index contributed by atoms with van der Waals surface area (Å²) in [5, 5.41) is 11.0. The Bertz CT molecular complexity index is 1020. The van der Waals surface area contributed by atoms with Crippen LogP contribution in [-0.2, 0) is 0 Å². The van der Waals surface area contributed by atoms with E-state index in [1.165, 1.54) is 18.1 Å². The molecule has 7 heteroatoms. The van der Waals surface area contributed by atoms with Gasteiger partial charge in [-0.2, -0.15) is 0 Å². The first kappa shape index (κ1) is 15.1. The van der Waals surface area contributed by atoms with Crippen LogP contribution in [0.4, 0.5) is 0 Å². The van der Waals surface area contributed by atoms with Gasteiger partial charge in [-0.25, -0.2) is 9.97 Å². The Hall–Kier alpha value is -2.44. The molecule has 0 aliphatic carbocycles. The number of hydrogen-bond donors (Lipinski definition) is 0. The third kappa shape index (κ3) is 2.98. The largest absolute Gasteiger partial charge is 0.411 e. The maximum atomic E-state index is 5.89. The molecule has 0 radical (unpaired) electrons. The van der Waals surface area contributed by atoms with E-state index >= 15 is 0 Å². The van der Waals surface area contributed by atoms with Gasteiger partial charge in [0, 0.05) is 16.0 Å². The second kappa shape index (κ2) is 6.22. The Balaban J connectivity index is 1.67. The van der Waals surface area contributed by atoms with Crippen molar-refractivity contribution in [2.24, 2.45) is 0 Å². The van der Waals surface area contributed by atoms with E-state index in [0.717, 1.165) is 27.1 Å². The molecular formula is C17H11ClN4OS. The number of hydrogen-bond acceptors (Lipinski definition) is 6. The van der Waals surface area contributed by atoms with E-state index in [1.807, 2.05) is 37.3 Å². The minimum absolute atomic E-state index is 0.432. The molecule has 118 valence electrons. The predicted octanol–water partition coefficient (Wildman–Crippen LogP) is 4.79. The van der Waals surface area contributed by atoms with Crippen LogP contribution in [0.2, 0.25) is 5.02 Å². The van der Waals surface area contributed by atoms with Crippen LogP contribution < -0.4 is 0 Å². The third-order valence-corrected chi connectivity index (χ3v) is 4.55. The van der Waals surface area contributed by atoms with Crippen LogP contribution in [0, 0.1) is 6.92 Å². The number of benzene rings is 2. The Kier molecular flexibility index (Phi) is 3.92. The van der Waals surface area contributed by atoms with Gasteiger partial charge in [-0.3, -0.25) is 0 Å². The topological polar surface area (TPSA) is 64.7 Å². The molecule has 0 atom stereocenters. The molecule has 5 nitrogen and oxygen atoms in total. The smallest absolute Gasteiger partial charge is 0.283 e. The quantitative estimate of drug-likeness (QED) is 0.493. The monoisotopic (exact) mass is 354 g/mol. The molecule has 0 aliphatic rings. The van der Waals surface area contributed by atoms with E-state index < -0.39 is 0 Å². The lowest BCUT2D eigenvalue weighted by molar-refractivity contribution is 0.465. The zero-order valence-corrected chi connectivity index (χ0v) is 14.2. The van der Waals surface area contributed by atoms with Gasteiger partial charge in [-0.15, -0.1) is 10.2 Å². The molecular weight excluding hydrogens is 344 g/mol. The summed E-state index contributed by atoms with van der Waals surface area (Å²) in [6.45, 7) is 2.03. The van der Waals surface area contributed by atoms with Crippen LogP contribution in [0.5, 0.6) is 0 Å². The molecule has 0 N–H and O–H groups in total. The summed E-state index contributed by atoms with van der Waals surface area (Å²) in [4.78, 5) is 8.63. The molecule has 0 aliphatic heterocycles. The number of rotatable bonds is 3. The molecule has 4 rings (SSSR count). The number of aromatic nitrogens is 4. The lowest BCUT2D eigenvalue weighted by atomic mass is 10.2. The van der Waals surface area contributed by atoms with Crippen LogP contribution in [0.1, 0.15) is 5.56 Å². The van der Waals surface area contributed by atoms with Crippen LogP contribution in [0.3, 0.4) is 0 Å². The van der Waals surface area contributed by atoms with E-state index in [1.54, 1.807) is 12.1 Å². The maximum Gasteiger partial charge on any atom is 0.283 e. The molecule has 0 unspecified atom stereocenters. The van der Waals surface area contributed by atoms with E-state index in [9.17, 15) is 0 Å². The van der Waals surface area contributed by atoms with Crippen LogP contribution in [-0.4, -0.2) is 20.2 Å². The summed E-state index contributed by atoms with van der Waals surface area (Å²) in [5.41, 5.74) is 2.85. The molecule has 0 fully saturated rings. The first-order valence-corrected chi connectivity index (χ1v) is 8.37. The molecule has 2 heterocycles. The molecule has 4 aromatic rings. The van der Waals surface area contributed by atoms with Crippen LogP contribution in [0.15, 0.2) is 63.5 Å². The van der Waals surface area contributed by atoms with Crippen molar-refractivity contribution in [3.8, 4) is 11.5 Å². The standard InChI is InChI=1S/C17H11ClN4OS/c1-10-2-7-14-13(8-10)16(20-9-19-14)24-17-22-21-15(23-17)11-3-5-12(18)6-4-11/h2-9H,1H3. The molecule has 0 saturated carbocycles. The maximum absolute atomic E-state index is 5.89. The summed E-state index contributed by atoms with van der Waals surface area (Å²) >= 11 is 7.22. The zero-order valence-electron chi connectivity index (χ0n) is 12.6. The summed E-state index contributed by atoms with van der Waals surface area (Å²) in [5.74, 6) is 0.448. The van der Waals surface area contributed by atoms with Crippen LogP contribution in [0.25, 0.3) is 22.4 Å². The number of halogens is 1. The predicted molar refractivity (Wildman–Crippen MR) is 93.1 cm³/mol. The normalized spacial score (nSPS) is 11.1. The van der Waals surface area contributed by atoms with E-state index in [0.29, 0.717) is 16.1 Å². The van der Waals surface area contributed by atoms with E-state index in [-0.39, 0.29) is 0 Å². The van der Waals surface area contributed by atoms with Gasteiger partial charge in [0.05, 0.1) is 5.52 Å². The summed E-state index contributed by atoms with van der Waals surface area (Å²) < 4.78 is 5.73. The highest BCUT2D eigenvalue weighted by Crippen LogP contribution is 2.32. The van der Waals surface area contributed by atoms with Gasteiger partial charge in [0.25, 0.3) is 5.22 Å². The minimum atomic E-state index is 0.432. The SMILES string of the molecule is Cc1ccc2ncnc(Sc3nnc(-c4ccc(Cl)cc4)o3)c2c1. The Morgan fingerprint density at radius 1 is 1.00 bits per heavy atom. The Morgan fingerprint density at radius 2 is 1.83 bits per heavy atom. The second-order valence-corrected chi connectivity index (χ2v) is 6.56. The van der Waals surface area contributed by atoms with Gasteiger partial charge in [0.2, 0.25) is 5.89 Å². The average Bonchev–Trinajstić information content (AvgIpc) is 3.05. The van der Waals surface area contributed by atoms with Gasteiger partial charge in [-0.05, 0) is 55.1 Å². The summed E-state index contributed by atoms with van der Waals surface area (Å²) in [6, 6.07) is 13.3. The minimum Gasteiger partial charge on any atom is -0.411 e. The molecule has 0 amide bonds. The van der Waals surface area contributed by atoms with Crippen molar-refractivity contribution in [2.45, 2.75) is 17.2 Å².